The van der Waals surface area contributed by atoms with Crippen molar-refractivity contribution in [2.45, 2.75) is 13.8 Å². The van der Waals surface area contributed by atoms with Crippen molar-refractivity contribution in [1.82, 2.24) is 9.78 Å². The van der Waals surface area contributed by atoms with Gasteiger partial charge in [-0.05, 0) is 44.2 Å². The van der Waals surface area contributed by atoms with Crippen molar-refractivity contribution in [1.29, 1.82) is 0 Å². The summed E-state index contributed by atoms with van der Waals surface area (Å²) < 4.78 is 26.9. The first-order valence-corrected chi connectivity index (χ1v) is 9.43. The maximum atomic E-state index is 11.3. The van der Waals surface area contributed by atoms with Crippen molar-refractivity contribution in [2.24, 2.45) is 0 Å². The lowest BCUT2D eigenvalue weighted by molar-refractivity contribution is 0.607. The van der Waals surface area contributed by atoms with E-state index < -0.39 is 10.0 Å². The van der Waals surface area contributed by atoms with Crippen molar-refractivity contribution in [3.8, 4) is 16.9 Å². The van der Waals surface area contributed by atoms with E-state index in [-0.39, 0.29) is 0 Å². The highest BCUT2D eigenvalue weighted by atomic mass is 32.2. The average molecular weight is 341 g/mol. The van der Waals surface area contributed by atoms with Crippen LogP contribution in [0.25, 0.3) is 16.9 Å². The first-order chi connectivity index (χ1) is 11.3. The molecule has 1 N–H and O–H groups in total. The molecule has 0 aliphatic carbocycles. The SMILES string of the molecule is Cc1ccc(-c2cc(C)nn2-c2ccc(NS(C)(=O)=O)cc2)cc1. The molecule has 3 aromatic rings. The van der Waals surface area contributed by atoms with E-state index in [4.69, 9.17) is 0 Å². The smallest absolute Gasteiger partial charge is 0.229 e. The first kappa shape index (κ1) is 16.3. The standard InChI is InChI=1S/C18H19N3O2S/c1-13-4-6-15(7-5-13)18-12-14(2)19-21(18)17-10-8-16(9-11-17)20-24(3,22)23/h4-12,20H,1-3H3. The minimum absolute atomic E-state index is 0.530. The van der Waals surface area contributed by atoms with Crippen LogP contribution >= 0.6 is 0 Å². The molecule has 0 saturated carbocycles. The molecule has 1 heterocycles. The molecule has 0 bridgehead atoms. The van der Waals surface area contributed by atoms with Crippen molar-refractivity contribution in [3.05, 3.63) is 65.9 Å². The summed E-state index contributed by atoms with van der Waals surface area (Å²) in [4.78, 5) is 0. The van der Waals surface area contributed by atoms with Crippen LogP contribution in [0.3, 0.4) is 0 Å². The molecule has 0 aliphatic rings. The zero-order chi connectivity index (χ0) is 17.3. The second kappa shape index (κ2) is 6.13. The van der Waals surface area contributed by atoms with Gasteiger partial charge in [-0.2, -0.15) is 5.10 Å². The number of aryl methyl sites for hydroxylation is 2. The molecule has 3 rings (SSSR count). The molecule has 0 saturated heterocycles. The molecule has 24 heavy (non-hydrogen) atoms. The molecular weight excluding hydrogens is 322 g/mol. The highest BCUT2D eigenvalue weighted by Crippen LogP contribution is 2.25. The second-order valence-corrected chi connectivity index (χ2v) is 7.62. The van der Waals surface area contributed by atoms with Gasteiger partial charge in [0.05, 0.1) is 23.3 Å². The first-order valence-electron chi connectivity index (χ1n) is 7.54. The molecule has 0 spiro atoms. The Morgan fingerprint density at radius 2 is 1.58 bits per heavy atom. The van der Waals surface area contributed by atoms with Crippen LogP contribution in [0.15, 0.2) is 54.6 Å². The zero-order valence-corrected chi connectivity index (χ0v) is 14.6. The van der Waals surface area contributed by atoms with Crippen molar-refractivity contribution in [2.75, 3.05) is 11.0 Å². The highest BCUT2D eigenvalue weighted by molar-refractivity contribution is 7.92. The van der Waals surface area contributed by atoms with Crippen molar-refractivity contribution >= 4 is 15.7 Å². The van der Waals surface area contributed by atoms with Gasteiger partial charge in [-0.15, -0.1) is 0 Å². The largest absolute Gasteiger partial charge is 0.284 e. The fraction of sp³-hybridized carbons (Fsp3) is 0.167. The number of anilines is 1. The molecule has 0 radical (unpaired) electrons. The summed E-state index contributed by atoms with van der Waals surface area (Å²) in [5.74, 6) is 0. The third-order valence-corrected chi connectivity index (χ3v) is 4.20. The van der Waals surface area contributed by atoms with Gasteiger partial charge in [-0.3, -0.25) is 4.72 Å². The Kier molecular flexibility index (Phi) is 4.15. The summed E-state index contributed by atoms with van der Waals surface area (Å²) in [6.07, 6.45) is 1.13. The highest BCUT2D eigenvalue weighted by Gasteiger charge is 2.10. The Morgan fingerprint density at radius 3 is 2.17 bits per heavy atom. The molecule has 1 aromatic heterocycles. The third-order valence-electron chi connectivity index (χ3n) is 3.59. The summed E-state index contributed by atoms with van der Waals surface area (Å²) in [6, 6.07) is 17.5. The van der Waals surface area contributed by atoms with Gasteiger partial charge in [-0.1, -0.05) is 29.8 Å². The Hall–Kier alpha value is -2.60. The Morgan fingerprint density at radius 1 is 0.958 bits per heavy atom. The van der Waals surface area contributed by atoms with Crippen LogP contribution in [0.5, 0.6) is 0 Å². The molecule has 124 valence electrons. The number of nitrogens with one attached hydrogen (secondary N) is 1. The van der Waals surface area contributed by atoms with E-state index in [9.17, 15) is 8.42 Å². The van der Waals surface area contributed by atoms with Gasteiger partial charge < -0.3 is 0 Å². The van der Waals surface area contributed by atoms with E-state index in [2.05, 4.69) is 41.0 Å². The predicted molar refractivity (Wildman–Crippen MR) is 96.9 cm³/mol. The number of sulfonamides is 1. The molecule has 0 amide bonds. The van der Waals surface area contributed by atoms with Crippen LogP contribution in [0.4, 0.5) is 5.69 Å². The van der Waals surface area contributed by atoms with Crippen LogP contribution in [-0.4, -0.2) is 24.5 Å². The average Bonchev–Trinajstić information content (AvgIpc) is 2.89. The summed E-state index contributed by atoms with van der Waals surface area (Å²) in [6.45, 7) is 4.01. The van der Waals surface area contributed by atoms with E-state index >= 15 is 0 Å². The Bertz CT molecular complexity index is 957. The van der Waals surface area contributed by atoms with Crippen LogP contribution in [0.2, 0.25) is 0 Å². The van der Waals surface area contributed by atoms with Crippen LogP contribution < -0.4 is 4.72 Å². The predicted octanol–water partition coefficient (Wildman–Crippen LogP) is 3.53. The fourth-order valence-electron chi connectivity index (χ4n) is 2.51. The van der Waals surface area contributed by atoms with Crippen LogP contribution in [-0.2, 0) is 10.0 Å². The zero-order valence-electron chi connectivity index (χ0n) is 13.8. The van der Waals surface area contributed by atoms with Gasteiger partial charge in [0.25, 0.3) is 0 Å². The van der Waals surface area contributed by atoms with Gasteiger partial charge in [0.2, 0.25) is 10.0 Å². The maximum Gasteiger partial charge on any atom is 0.229 e. The number of rotatable bonds is 4. The fourth-order valence-corrected chi connectivity index (χ4v) is 3.08. The summed E-state index contributed by atoms with van der Waals surface area (Å²) in [5, 5.41) is 4.56. The second-order valence-electron chi connectivity index (χ2n) is 5.87. The number of benzene rings is 2. The summed E-state index contributed by atoms with van der Waals surface area (Å²) in [5.41, 5.74) is 5.61. The van der Waals surface area contributed by atoms with Gasteiger partial charge >= 0.3 is 0 Å². The van der Waals surface area contributed by atoms with E-state index in [1.807, 2.05) is 29.8 Å². The Balaban J connectivity index is 1.99. The quantitative estimate of drug-likeness (QED) is 0.789. The topological polar surface area (TPSA) is 64.0 Å². The van der Waals surface area contributed by atoms with Crippen LogP contribution in [0, 0.1) is 13.8 Å². The molecule has 0 fully saturated rings. The van der Waals surface area contributed by atoms with E-state index in [0.717, 1.165) is 28.9 Å². The minimum atomic E-state index is -3.28. The molecule has 6 heteroatoms. The van der Waals surface area contributed by atoms with E-state index in [0.29, 0.717) is 5.69 Å². The number of hydrogen-bond donors (Lipinski definition) is 1. The van der Waals surface area contributed by atoms with Gasteiger partial charge in [0.1, 0.15) is 0 Å². The van der Waals surface area contributed by atoms with Gasteiger partial charge in [0.15, 0.2) is 0 Å². The van der Waals surface area contributed by atoms with E-state index in [1.165, 1.54) is 5.56 Å². The molecule has 5 nitrogen and oxygen atoms in total. The maximum absolute atomic E-state index is 11.3. The van der Waals surface area contributed by atoms with Gasteiger partial charge in [0, 0.05) is 11.3 Å². The lowest BCUT2D eigenvalue weighted by Crippen LogP contribution is -2.09. The molecule has 0 unspecified atom stereocenters. The lowest BCUT2D eigenvalue weighted by atomic mass is 10.1. The molecule has 0 aliphatic heterocycles. The van der Waals surface area contributed by atoms with E-state index in [1.54, 1.807) is 12.1 Å². The molecule has 2 aromatic carbocycles. The molecular formula is C18H19N3O2S. The number of hydrogen-bond acceptors (Lipinski definition) is 3. The lowest BCUT2D eigenvalue weighted by Gasteiger charge is -2.09. The third kappa shape index (κ3) is 3.65. The number of aromatic nitrogens is 2. The molecule has 0 atom stereocenters. The summed E-state index contributed by atoms with van der Waals surface area (Å²) in [7, 11) is -3.28. The van der Waals surface area contributed by atoms with Crippen molar-refractivity contribution < 1.29 is 8.42 Å². The monoisotopic (exact) mass is 341 g/mol. The number of nitrogens with zero attached hydrogens (tertiary/aromatic N) is 2. The van der Waals surface area contributed by atoms with Gasteiger partial charge in [-0.25, -0.2) is 13.1 Å². The minimum Gasteiger partial charge on any atom is -0.284 e. The normalized spacial score (nSPS) is 11.5. The van der Waals surface area contributed by atoms with Crippen LogP contribution in [0.1, 0.15) is 11.3 Å². The van der Waals surface area contributed by atoms with Crippen molar-refractivity contribution in [3.63, 3.8) is 0 Å². The summed E-state index contributed by atoms with van der Waals surface area (Å²) >= 11 is 0. The Labute approximate surface area is 142 Å².